The van der Waals surface area contributed by atoms with Crippen molar-refractivity contribution in [3.05, 3.63) is 27.7 Å². The highest BCUT2D eigenvalue weighted by molar-refractivity contribution is 9.10. The van der Waals surface area contributed by atoms with E-state index in [0.29, 0.717) is 12.0 Å². The summed E-state index contributed by atoms with van der Waals surface area (Å²) >= 11 is 3.61. The number of fused-ring (bicyclic) bond motifs is 1. The van der Waals surface area contributed by atoms with Gasteiger partial charge in [-0.2, -0.15) is 0 Å². The maximum atomic E-state index is 10.8. The lowest BCUT2D eigenvalue weighted by atomic mass is 9.89. The van der Waals surface area contributed by atoms with Crippen LogP contribution >= 0.6 is 15.9 Å². The molecule has 0 aromatic heterocycles. The number of ether oxygens (including phenoxy) is 1. The van der Waals surface area contributed by atoms with E-state index < -0.39 is 5.97 Å². The van der Waals surface area contributed by atoms with E-state index in [1.807, 2.05) is 0 Å². The number of aliphatic carboxylic acids is 1. The molecular weight excluding hydrogens is 370 g/mol. The number of carboxylic acids is 1. The minimum Gasteiger partial charge on any atom is -0.487 e. The van der Waals surface area contributed by atoms with Crippen molar-refractivity contribution in [1.29, 1.82) is 0 Å². The topological polar surface area (TPSA) is 49.8 Å². The number of carbonyl (C=O) groups is 1. The summed E-state index contributed by atoms with van der Waals surface area (Å²) in [5, 5.41) is 8.90. The van der Waals surface area contributed by atoms with Crippen LogP contribution in [0.2, 0.25) is 0 Å². The molecule has 2 aliphatic heterocycles. The van der Waals surface area contributed by atoms with E-state index in [1.54, 1.807) is 0 Å². The number of aryl methyl sites for hydroxylation is 1. The normalized spacial score (nSPS) is 26.9. The number of nitrogens with zero attached hydrogens (tertiary/aromatic N) is 1. The monoisotopic (exact) mass is 395 g/mol. The van der Waals surface area contributed by atoms with Crippen molar-refractivity contribution >= 4 is 21.9 Å². The second-order valence-corrected chi connectivity index (χ2v) is 8.21. The van der Waals surface area contributed by atoms with Crippen molar-refractivity contribution in [3.63, 3.8) is 0 Å². The zero-order chi connectivity index (χ0) is 17.3. The summed E-state index contributed by atoms with van der Waals surface area (Å²) in [5.41, 5.74) is 2.55. The minimum atomic E-state index is -0.685. The number of likely N-dealkylation sites (tertiary alicyclic amines) is 1. The first-order chi connectivity index (χ1) is 11.4. The fraction of sp³-hybridized carbons (Fsp3) is 0.632. The molecule has 2 heterocycles. The highest BCUT2D eigenvalue weighted by Gasteiger charge is 2.31. The van der Waals surface area contributed by atoms with E-state index in [2.05, 4.69) is 46.8 Å². The van der Waals surface area contributed by atoms with Crippen LogP contribution in [0.1, 0.15) is 43.7 Å². The van der Waals surface area contributed by atoms with Crippen molar-refractivity contribution in [2.75, 3.05) is 13.1 Å². The van der Waals surface area contributed by atoms with Crippen LogP contribution in [0.25, 0.3) is 0 Å². The number of piperidine rings is 1. The van der Waals surface area contributed by atoms with Crippen LogP contribution in [0.4, 0.5) is 0 Å². The molecule has 1 aromatic rings. The van der Waals surface area contributed by atoms with Gasteiger partial charge in [-0.3, -0.25) is 9.69 Å². The Morgan fingerprint density at radius 3 is 2.96 bits per heavy atom. The summed E-state index contributed by atoms with van der Waals surface area (Å²) in [5.74, 6) is 0.808. The van der Waals surface area contributed by atoms with Crippen molar-refractivity contribution < 1.29 is 14.6 Å². The third kappa shape index (κ3) is 4.12. The number of hydrogen-bond acceptors (Lipinski definition) is 3. The fourth-order valence-electron chi connectivity index (χ4n) is 3.98. The van der Waals surface area contributed by atoms with Gasteiger partial charge in [0.1, 0.15) is 11.9 Å². The molecule has 3 atom stereocenters. The van der Waals surface area contributed by atoms with Gasteiger partial charge < -0.3 is 9.84 Å². The molecule has 1 unspecified atom stereocenters. The van der Waals surface area contributed by atoms with E-state index in [4.69, 9.17) is 9.84 Å². The van der Waals surface area contributed by atoms with Crippen LogP contribution in [0, 0.1) is 12.8 Å². The molecule has 0 radical (unpaired) electrons. The van der Waals surface area contributed by atoms with Crippen molar-refractivity contribution in [2.24, 2.45) is 5.92 Å². The standard InChI is InChI=1S/C19H26BrNO3/c1-12-7-15-9-16(24-19(15)17(20)8-12)11-21-10-14(4-3-13(21)2)5-6-18(22)23/h7-8,13-14,16H,3-6,9-11H2,1-2H3,(H,22,23)/t13-,14+,16?/m1/s1. The predicted octanol–water partition coefficient (Wildman–Crippen LogP) is 4.03. The first-order valence-corrected chi connectivity index (χ1v) is 9.63. The van der Waals surface area contributed by atoms with Crippen LogP contribution in [0.5, 0.6) is 5.75 Å². The molecule has 1 N–H and O–H groups in total. The second kappa shape index (κ2) is 7.44. The zero-order valence-corrected chi connectivity index (χ0v) is 16.0. The second-order valence-electron chi connectivity index (χ2n) is 7.36. The predicted molar refractivity (Wildman–Crippen MR) is 97.6 cm³/mol. The van der Waals surface area contributed by atoms with Gasteiger partial charge in [0, 0.05) is 32.0 Å². The van der Waals surface area contributed by atoms with Crippen molar-refractivity contribution in [3.8, 4) is 5.75 Å². The van der Waals surface area contributed by atoms with Gasteiger partial charge in [0.05, 0.1) is 4.47 Å². The summed E-state index contributed by atoms with van der Waals surface area (Å²) in [7, 11) is 0. The van der Waals surface area contributed by atoms with Crippen LogP contribution in [-0.2, 0) is 11.2 Å². The average Bonchev–Trinajstić information content (AvgIpc) is 2.90. The Balaban J connectivity index is 1.59. The minimum absolute atomic E-state index is 0.193. The number of halogens is 1. The van der Waals surface area contributed by atoms with Gasteiger partial charge in [-0.15, -0.1) is 0 Å². The molecule has 0 aliphatic carbocycles. The third-order valence-corrected chi connectivity index (χ3v) is 5.90. The average molecular weight is 396 g/mol. The zero-order valence-electron chi connectivity index (χ0n) is 14.4. The molecule has 4 nitrogen and oxygen atoms in total. The number of carboxylic acid groups (broad SMARTS) is 1. The molecule has 132 valence electrons. The van der Waals surface area contributed by atoms with Gasteiger partial charge >= 0.3 is 5.97 Å². The Kier molecular flexibility index (Phi) is 5.50. The van der Waals surface area contributed by atoms with Gasteiger partial charge in [0.2, 0.25) is 0 Å². The van der Waals surface area contributed by atoms with Crippen LogP contribution in [0.3, 0.4) is 0 Å². The molecule has 1 aromatic carbocycles. The van der Waals surface area contributed by atoms with Gasteiger partial charge in [0.15, 0.2) is 0 Å². The Bertz CT molecular complexity index is 619. The molecule has 5 heteroatoms. The lowest BCUT2D eigenvalue weighted by Gasteiger charge is -2.39. The molecule has 0 bridgehead atoms. The SMILES string of the molecule is Cc1cc(Br)c2c(c1)CC(CN1C[C@H](CCC(=O)O)CC[C@H]1C)O2. The maximum Gasteiger partial charge on any atom is 0.303 e. The number of hydrogen-bond donors (Lipinski definition) is 1. The molecule has 0 spiro atoms. The molecule has 1 fully saturated rings. The molecule has 0 saturated carbocycles. The molecule has 1 saturated heterocycles. The van der Waals surface area contributed by atoms with Gasteiger partial charge in [-0.1, -0.05) is 6.07 Å². The van der Waals surface area contributed by atoms with Crippen molar-refractivity contribution in [2.45, 2.75) is 58.1 Å². The largest absolute Gasteiger partial charge is 0.487 e. The van der Waals surface area contributed by atoms with Crippen molar-refractivity contribution in [1.82, 2.24) is 4.90 Å². The Morgan fingerprint density at radius 1 is 1.42 bits per heavy atom. The molecule has 24 heavy (non-hydrogen) atoms. The summed E-state index contributed by atoms with van der Waals surface area (Å²) in [4.78, 5) is 13.3. The Labute approximate surface area is 152 Å². The highest BCUT2D eigenvalue weighted by atomic mass is 79.9. The van der Waals surface area contributed by atoms with Crippen LogP contribution in [0.15, 0.2) is 16.6 Å². The smallest absolute Gasteiger partial charge is 0.303 e. The first kappa shape index (κ1) is 17.7. The van der Waals surface area contributed by atoms with E-state index in [0.717, 1.165) is 49.0 Å². The molecular formula is C19H26BrNO3. The van der Waals surface area contributed by atoms with Crippen LogP contribution in [-0.4, -0.2) is 41.2 Å². The van der Waals surface area contributed by atoms with Gasteiger partial charge in [-0.25, -0.2) is 0 Å². The summed E-state index contributed by atoms with van der Waals surface area (Å²) in [6.45, 7) is 6.30. The first-order valence-electron chi connectivity index (χ1n) is 8.84. The summed E-state index contributed by atoms with van der Waals surface area (Å²) in [6, 6.07) is 4.87. The Hall–Kier alpha value is -1.07. The lowest BCUT2D eigenvalue weighted by Crippen LogP contribution is -2.46. The van der Waals surface area contributed by atoms with E-state index in [-0.39, 0.29) is 12.5 Å². The van der Waals surface area contributed by atoms with Gasteiger partial charge in [-0.05, 0) is 72.2 Å². The van der Waals surface area contributed by atoms with Crippen LogP contribution < -0.4 is 4.74 Å². The number of rotatable bonds is 5. The van der Waals surface area contributed by atoms with Gasteiger partial charge in [0.25, 0.3) is 0 Å². The fourth-order valence-corrected chi connectivity index (χ4v) is 4.69. The quantitative estimate of drug-likeness (QED) is 0.817. The molecule has 3 rings (SSSR count). The lowest BCUT2D eigenvalue weighted by molar-refractivity contribution is -0.137. The Morgan fingerprint density at radius 2 is 2.21 bits per heavy atom. The summed E-state index contributed by atoms with van der Waals surface area (Å²) in [6.07, 6.45) is 4.51. The molecule has 2 aliphatic rings. The maximum absolute atomic E-state index is 10.8. The number of benzene rings is 1. The van der Waals surface area contributed by atoms with E-state index in [1.165, 1.54) is 11.1 Å². The van der Waals surface area contributed by atoms with E-state index in [9.17, 15) is 4.79 Å². The van der Waals surface area contributed by atoms with E-state index >= 15 is 0 Å². The summed E-state index contributed by atoms with van der Waals surface area (Å²) < 4.78 is 7.24. The highest BCUT2D eigenvalue weighted by Crippen LogP contribution is 2.38. The third-order valence-electron chi connectivity index (χ3n) is 5.31. The molecule has 0 amide bonds.